The van der Waals surface area contributed by atoms with E-state index in [1.165, 1.54) is 30.0 Å². The van der Waals surface area contributed by atoms with Gasteiger partial charge in [0.15, 0.2) is 5.71 Å². The third kappa shape index (κ3) is 2.41. The highest BCUT2D eigenvalue weighted by Crippen LogP contribution is 2.35. The SMILES string of the molecule is CCCCCCC1(C)N([O])C(C)(C)C(C)=[N+]1C. The van der Waals surface area contributed by atoms with Crippen molar-refractivity contribution in [2.24, 2.45) is 0 Å². The van der Waals surface area contributed by atoms with Crippen molar-refractivity contribution in [2.45, 2.75) is 77.9 Å². The Morgan fingerprint density at radius 2 is 1.76 bits per heavy atom. The first-order valence-corrected chi connectivity index (χ1v) is 6.83. The van der Waals surface area contributed by atoms with Gasteiger partial charge in [0.25, 0.3) is 0 Å². The van der Waals surface area contributed by atoms with E-state index in [4.69, 9.17) is 0 Å². The zero-order valence-electron chi connectivity index (χ0n) is 12.3. The van der Waals surface area contributed by atoms with Crippen molar-refractivity contribution in [2.75, 3.05) is 7.05 Å². The molecule has 1 aliphatic rings. The summed E-state index contributed by atoms with van der Waals surface area (Å²) in [5.74, 6) is 0. The number of hydrogen-bond acceptors (Lipinski definition) is 1. The van der Waals surface area contributed by atoms with E-state index < -0.39 is 0 Å². The monoisotopic (exact) mass is 240 g/mol. The lowest BCUT2D eigenvalue weighted by molar-refractivity contribution is -0.622. The lowest BCUT2D eigenvalue weighted by atomic mass is 9.98. The Morgan fingerprint density at radius 1 is 1.18 bits per heavy atom. The Morgan fingerprint density at radius 3 is 2.18 bits per heavy atom. The van der Waals surface area contributed by atoms with Crippen LogP contribution in [-0.2, 0) is 5.21 Å². The fourth-order valence-electron chi connectivity index (χ4n) is 2.81. The van der Waals surface area contributed by atoms with Crippen LogP contribution in [0.25, 0.3) is 0 Å². The van der Waals surface area contributed by atoms with E-state index in [0.29, 0.717) is 0 Å². The van der Waals surface area contributed by atoms with Gasteiger partial charge in [-0.3, -0.25) is 0 Å². The smallest absolute Gasteiger partial charge is 0.217 e. The highest BCUT2D eigenvalue weighted by molar-refractivity contribution is 5.87. The Kier molecular flexibility index (Phi) is 4.37. The predicted molar refractivity (Wildman–Crippen MR) is 70.6 cm³/mol. The van der Waals surface area contributed by atoms with Crippen LogP contribution in [0.3, 0.4) is 0 Å². The Hall–Kier alpha value is -0.410. The maximum Gasteiger partial charge on any atom is 0.240 e. The molecule has 1 unspecified atom stereocenters. The molecule has 1 radical (unpaired) electrons. The molecule has 0 amide bonds. The molecule has 0 saturated carbocycles. The van der Waals surface area contributed by atoms with Crippen molar-refractivity contribution in [3.63, 3.8) is 0 Å². The van der Waals surface area contributed by atoms with Crippen molar-refractivity contribution < 1.29 is 9.78 Å². The molecule has 1 atom stereocenters. The van der Waals surface area contributed by atoms with Gasteiger partial charge in [0, 0.05) is 20.3 Å². The molecular formula is C14H28N2O+. The van der Waals surface area contributed by atoms with Crippen LogP contribution >= 0.6 is 0 Å². The van der Waals surface area contributed by atoms with Gasteiger partial charge >= 0.3 is 0 Å². The van der Waals surface area contributed by atoms with E-state index in [9.17, 15) is 5.21 Å². The van der Waals surface area contributed by atoms with Gasteiger partial charge in [-0.25, -0.2) is 4.58 Å². The lowest BCUT2D eigenvalue weighted by Crippen LogP contribution is -2.52. The number of rotatable bonds is 5. The molecule has 3 nitrogen and oxygen atoms in total. The van der Waals surface area contributed by atoms with Crippen molar-refractivity contribution in [1.29, 1.82) is 0 Å². The fraction of sp³-hybridized carbons (Fsp3) is 0.929. The van der Waals surface area contributed by atoms with Gasteiger partial charge in [-0.1, -0.05) is 31.2 Å². The number of unbranched alkanes of at least 4 members (excludes halogenated alkanes) is 3. The normalized spacial score (nSPS) is 29.1. The van der Waals surface area contributed by atoms with Gasteiger partial charge in [-0.15, -0.1) is 5.21 Å². The zero-order valence-corrected chi connectivity index (χ0v) is 12.3. The van der Waals surface area contributed by atoms with Crippen LogP contribution in [-0.4, -0.2) is 33.6 Å². The van der Waals surface area contributed by atoms with Crippen LogP contribution in [0.1, 0.15) is 66.7 Å². The van der Waals surface area contributed by atoms with Crippen molar-refractivity contribution >= 4 is 5.71 Å². The zero-order chi connectivity index (χ0) is 13.3. The largest absolute Gasteiger partial charge is 0.240 e. The van der Waals surface area contributed by atoms with Crippen LogP contribution in [0.5, 0.6) is 0 Å². The lowest BCUT2D eigenvalue weighted by Gasteiger charge is -2.30. The molecule has 0 bridgehead atoms. The average molecular weight is 240 g/mol. The first-order valence-electron chi connectivity index (χ1n) is 6.83. The topological polar surface area (TPSA) is 26.1 Å². The highest BCUT2D eigenvalue weighted by atomic mass is 16.5. The van der Waals surface area contributed by atoms with Crippen molar-refractivity contribution in [1.82, 2.24) is 5.06 Å². The minimum absolute atomic E-state index is 0.360. The van der Waals surface area contributed by atoms with Gasteiger partial charge in [0.2, 0.25) is 5.66 Å². The number of nitrogens with zero attached hydrogens (tertiary/aromatic N) is 2. The van der Waals surface area contributed by atoms with E-state index in [0.717, 1.165) is 12.8 Å². The molecular weight excluding hydrogens is 212 g/mol. The highest BCUT2D eigenvalue weighted by Gasteiger charge is 2.58. The second-order valence-electron chi connectivity index (χ2n) is 6.03. The third-order valence-corrected chi connectivity index (χ3v) is 4.56. The Labute approximate surface area is 106 Å². The second kappa shape index (κ2) is 5.07. The van der Waals surface area contributed by atoms with Gasteiger partial charge < -0.3 is 0 Å². The van der Waals surface area contributed by atoms with Crippen LogP contribution in [0.2, 0.25) is 0 Å². The summed E-state index contributed by atoms with van der Waals surface area (Å²) in [7, 11) is 2.05. The van der Waals surface area contributed by atoms with Crippen LogP contribution in [0.15, 0.2) is 0 Å². The molecule has 1 rings (SSSR count). The third-order valence-electron chi connectivity index (χ3n) is 4.56. The van der Waals surface area contributed by atoms with Gasteiger partial charge in [0.1, 0.15) is 12.6 Å². The number of hydrogen-bond donors (Lipinski definition) is 0. The molecule has 1 aliphatic heterocycles. The van der Waals surface area contributed by atoms with E-state index in [1.54, 1.807) is 0 Å². The minimum atomic E-state index is -0.367. The number of hydroxylamine groups is 2. The summed E-state index contributed by atoms with van der Waals surface area (Å²) in [6, 6.07) is 0. The minimum Gasteiger partial charge on any atom is -0.217 e. The summed E-state index contributed by atoms with van der Waals surface area (Å²) in [5.41, 5.74) is 0.445. The van der Waals surface area contributed by atoms with E-state index in [2.05, 4.69) is 32.4 Å². The van der Waals surface area contributed by atoms with Crippen LogP contribution < -0.4 is 0 Å². The molecule has 1 heterocycles. The van der Waals surface area contributed by atoms with Gasteiger partial charge in [0.05, 0.1) is 0 Å². The van der Waals surface area contributed by atoms with E-state index >= 15 is 0 Å². The van der Waals surface area contributed by atoms with Crippen molar-refractivity contribution in [3.8, 4) is 0 Å². The molecule has 99 valence electrons. The molecule has 3 heteroatoms. The summed E-state index contributed by atoms with van der Waals surface area (Å²) < 4.78 is 2.17. The van der Waals surface area contributed by atoms with Gasteiger partial charge in [-0.2, -0.15) is 0 Å². The van der Waals surface area contributed by atoms with Crippen molar-refractivity contribution in [3.05, 3.63) is 0 Å². The first-order chi connectivity index (χ1) is 7.78. The standard InChI is InChI=1S/C14H28N2O/c1-7-8-9-10-11-14(5)15(6)12(2)13(3,4)16(14)17/h7-11H2,1-6H3/q+1. The molecule has 0 aromatic rings. The molecule has 0 aromatic heterocycles. The second-order valence-corrected chi connectivity index (χ2v) is 6.03. The first kappa shape index (κ1) is 14.7. The summed E-state index contributed by atoms with van der Waals surface area (Å²) in [5, 5.41) is 13.8. The predicted octanol–water partition coefficient (Wildman–Crippen LogP) is 3.22. The Bertz CT molecular complexity index is 309. The summed E-state index contributed by atoms with van der Waals surface area (Å²) in [6.07, 6.45) is 5.83. The molecule has 0 saturated heterocycles. The van der Waals surface area contributed by atoms with Crippen LogP contribution in [0.4, 0.5) is 0 Å². The van der Waals surface area contributed by atoms with E-state index in [1.807, 2.05) is 13.8 Å². The molecule has 17 heavy (non-hydrogen) atoms. The van der Waals surface area contributed by atoms with Crippen LogP contribution in [0, 0.1) is 0 Å². The Balaban J connectivity index is 2.76. The molecule has 0 fully saturated rings. The fourth-order valence-corrected chi connectivity index (χ4v) is 2.81. The summed E-state index contributed by atoms with van der Waals surface area (Å²) in [6.45, 7) is 10.4. The maximum atomic E-state index is 12.5. The molecule has 0 N–H and O–H groups in total. The average Bonchev–Trinajstić information content (AvgIpc) is 2.40. The van der Waals surface area contributed by atoms with E-state index in [-0.39, 0.29) is 11.2 Å². The quantitative estimate of drug-likeness (QED) is 0.535. The molecule has 0 aromatic carbocycles. The maximum absolute atomic E-state index is 12.5. The van der Waals surface area contributed by atoms with Gasteiger partial charge in [-0.05, 0) is 20.3 Å². The molecule has 0 aliphatic carbocycles. The summed E-state index contributed by atoms with van der Waals surface area (Å²) in [4.78, 5) is 0. The summed E-state index contributed by atoms with van der Waals surface area (Å²) >= 11 is 0. The molecule has 0 spiro atoms.